The van der Waals surface area contributed by atoms with Crippen LogP contribution in [0.4, 0.5) is 10.6 Å². The highest BCUT2D eigenvalue weighted by molar-refractivity contribution is 5.65. The minimum atomic E-state index is -2.13. The summed E-state index contributed by atoms with van der Waals surface area (Å²) in [4.78, 5) is 16.4. The van der Waals surface area contributed by atoms with Gasteiger partial charge in [-0.1, -0.05) is 13.8 Å². The van der Waals surface area contributed by atoms with Crippen molar-refractivity contribution >= 4 is 17.5 Å². The normalized spacial score (nSPS) is 30.8. The molecule has 12 nitrogen and oxygen atoms in total. The molecule has 0 bridgehead atoms. The van der Waals surface area contributed by atoms with Gasteiger partial charge >= 0.3 is 11.9 Å². The number of hydrogen-bond acceptors (Lipinski definition) is 11. The summed E-state index contributed by atoms with van der Waals surface area (Å²) >= 11 is 0. The third-order valence-corrected chi connectivity index (χ3v) is 5.41. The lowest BCUT2D eigenvalue weighted by molar-refractivity contribution is -0.286. The maximum Gasteiger partial charge on any atom is 0.512 e. The summed E-state index contributed by atoms with van der Waals surface area (Å²) in [5.41, 5.74) is 6.95. The van der Waals surface area contributed by atoms with Gasteiger partial charge in [0.1, 0.15) is 36.2 Å². The lowest BCUT2D eigenvalue weighted by atomic mass is 10.0. The Balaban J connectivity index is 1.68. The van der Waals surface area contributed by atoms with E-state index < -0.39 is 42.8 Å². The second kappa shape index (κ2) is 7.93. The molecule has 4 rings (SSSR count). The number of ether oxygens (including phenoxy) is 6. The van der Waals surface area contributed by atoms with Crippen molar-refractivity contribution in [2.24, 2.45) is 5.92 Å². The number of carbonyl (C=O) groups is 1. The van der Waals surface area contributed by atoms with Crippen molar-refractivity contribution in [3.63, 3.8) is 0 Å². The number of aromatic nitrogens is 3. The Morgan fingerprint density at radius 2 is 2.13 bits per heavy atom. The van der Waals surface area contributed by atoms with Crippen molar-refractivity contribution in [2.45, 2.75) is 57.5 Å². The fraction of sp³-hybridized carbons (Fsp3) is 0.579. The monoisotopic (exact) mass is 433 g/mol. The maximum atomic E-state index is 12.4. The number of fused-ring (bicyclic) bond motifs is 2. The van der Waals surface area contributed by atoms with Crippen LogP contribution in [0.3, 0.4) is 0 Å². The van der Waals surface area contributed by atoms with E-state index >= 15 is 0 Å². The molecule has 1 unspecified atom stereocenters. The second-order valence-electron chi connectivity index (χ2n) is 7.62. The number of nitrogen functional groups attached to an aromatic ring is 1. The predicted octanol–water partition coefficient (Wildman–Crippen LogP) is 1.51. The molecule has 0 aliphatic carbocycles. The van der Waals surface area contributed by atoms with Crippen LogP contribution in [0.25, 0.3) is 5.52 Å². The SMILES string of the molecule is CO[C@H]1O[C@H]2[C@H](c3ccc4c(N)ncnn34)O[C@](C#N)(OC(=O)OC(C)C(C)C)[C@H]2O1. The quantitative estimate of drug-likeness (QED) is 0.683. The van der Waals surface area contributed by atoms with Crippen molar-refractivity contribution in [3.05, 3.63) is 24.2 Å². The fourth-order valence-corrected chi connectivity index (χ4v) is 3.45. The maximum absolute atomic E-state index is 12.4. The molecule has 2 N–H and O–H groups in total. The molecule has 2 aromatic rings. The number of nitrogens with two attached hydrogens (primary N) is 1. The molecule has 166 valence electrons. The van der Waals surface area contributed by atoms with E-state index in [2.05, 4.69) is 10.1 Å². The minimum absolute atomic E-state index is 0.0525. The molecule has 2 aromatic heterocycles. The van der Waals surface area contributed by atoms with E-state index in [1.807, 2.05) is 19.9 Å². The average Bonchev–Trinajstić information content (AvgIpc) is 3.42. The van der Waals surface area contributed by atoms with Crippen LogP contribution in [0.2, 0.25) is 0 Å². The van der Waals surface area contributed by atoms with Crippen LogP contribution in [-0.2, 0) is 28.4 Å². The van der Waals surface area contributed by atoms with E-state index in [0.717, 1.165) is 0 Å². The summed E-state index contributed by atoms with van der Waals surface area (Å²) in [6, 6.07) is 5.32. The zero-order valence-electron chi connectivity index (χ0n) is 17.4. The summed E-state index contributed by atoms with van der Waals surface area (Å²) in [5.74, 6) is -1.81. The van der Waals surface area contributed by atoms with Gasteiger partial charge in [-0.05, 0) is 25.0 Å². The van der Waals surface area contributed by atoms with Crippen LogP contribution in [-0.4, -0.2) is 58.4 Å². The summed E-state index contributed by atoms with van der Waals surface area (Å²) in [6.45, 7) is 4.42. The van der Waals surface area contributed by atoms with Gasteiger partial charge in [0.05, 0.1) is 5.69 Å². The molecule has 12 heteroatoms. The first kappa shape index (κ1) is 21.3. The third-order valence-electron chi connectivity index (χ3n) is 5.41. The molecule has 2 aliphatic rings. The number of nitrogens with zero attached hydrogens (tertiary/aromatic N) is 4. The Labute approximate surface area is 177 Å². The van der Waals surface area contributed by atoms with Gasteiger partial charge in [-0.3, -0.25) is 0 Å². The molecule has 2 fully saturated rings. The van der Waals surface area contributed by atoms with Crippen molar-refractivity contribution in [1.82, 2.24) is 14.6 Å². The lowest BCUT2D eigenvalue weighted by Gasteiger charge is -2.27. The van der Waals surface area contributed by atoms with Crippen LogP contribution in [0.15, 0.2) is 18.5 Å². The average molecular weight is 433 g/mol. The Morgan fingerprint density at radius 1 is 1.35 bits per heavy atom. The molecule has 4 heterocycles. The predicted molar refractivity (Wildman–Crippen MR) is 102 cm³/mol. The van der Waals surface area contributed by atoms with Gasteiger partial charge in [0.15, 0.2) is 11.9 Å². The Morgan fingerprint density at radius 3 is 2.81 bits per heavy atom. The summed E-state index contributed by atoms with van der Waals surface area (Å²) < 4.78 is 34.6. The summed E-state index contributed by atoms with van der Waals surface area (Å²) in [5, 5.41) is 14.1. The number of methoxy groups -OCH3 is 1. The number of nitriles is 1. The molecule has 31 heavy (non-hydrogen) atoms. The first-order valence-corrected chi connectivity index (χ1v) is 9.70. The highest BCUT2D eigenvalue weighted by Crippen LogP contribution is 2.48. The Hall–Kier alpha value is -2.98. The Bertz CT molecular complexity index is 1020. The highest BCUT2D eigenvalue weighted by atomic mass is 16.9. The summed E-state index contributed by atoms with van der Waals surface area (Å²) in [7, 11) is 1.38. The highest BCUT2D eigenvalue weighted by Gasteiger charge is 2.66. The number of anilines is 1. The van der Waals surface area contributed by atoms with E-state index in [1.54, 1.807) is 19.1 Å². The Kier molecular flexibility index (Phi) is 5.44. The van der Waals surface area contributed by atoms with Gasteiger partial charge < -0.3 is 34.2 Å². The van der Waals surface area contributed by atoms with Crippen molar-refractivity contribution < 1.29 is 33.2 Å². The standard InChI is InChI=1S/C19H23N5O7/c1-9(2)10(3)27-17(25)31-19(7-20)15-14(28-18(26-4)29-15)13(30-19)11-5-6-12-16(21)22-8-23-24(11)12/h5-6,8-10,13-15,18H,1-4H3,(H2,21,22,23)/t10?,13-,14-,15-,18-,19+/m0/s1. The number of hydrogen-bond donors (Lipinski definition) is 1. The molecule has 6 atom stereocenters. The van der Waals surface area contributed by atoms with Crippen molar-refractivity contribution in [3.8, 4) is 6.07 Å². The number of rotatable bonds is 5. The topological polar surface area (TPSA) is 152 Å². The van der Waals surface area contributed by atoms with Gasteiger partial charge in [0, 0.05) is 7.11 Å². The van der Waals surface area contributed by atoms with Crippen LogP contribution in [0, 0.1) is 17.2 Å². The largest absolute Gasteiger partial charge is 0.512 e. The van der Waals surface area contributed by atoms with E-state index in [1.165, 1.54) is 18.0 Å². The van der Waals surface area contributed by atoms with E-state index in [-0.39, 0.29) is 11.7 Å². The zero-order chi connectivity index (χ0) is 22.3. The smallest absolute Gasteiger partial charge is 0.431 e. The van der Waals surface area contributed by atoms with Crippen LogP contribution < -0.4 is 5.73 Å². The van der Waals surface area contributed by atoms with Crippen LogP contribution >= 0.6 is 0 Å². The molecule has 0 spiro atoms. The third kappa shape index (κ3) is 3.55. The second-order valence-corrected chi connectivity index (χ2v) is 7.62. The first-order valence-electron chi connectivity index (χ1n) is 9.70. The molecule has 2 saturated heterocycles. The molecule has 0 saturated carbocycles. The van der Waals surface area contributed by atoms with E-state index in [4.69, 9.17) is 34.2 Å². The van der Waals surface area contributed by atoms with Crippen molar-refractivity contribution in [1.29, 1.82) is 5.26 Å². The number of carbonyl (C=O) groups excluding carboxylic acids is 1. The minimum Gasteiger partial charge on any atom is -0.431 e. The molecule has 0 aromatic carbocycles. The molecular formula is C19H23N5O7. The van der Waals surface area contributed by atoms with Gasteiger partial charge in [0.2, 0.25) is 0 Å². The van der Waals surface area contributed by atoms with Gasteiger partial charge in [-0.25, -0.2) is 14.3 Å². The van der Waals surface area contributed by atoms with Crippen LogP contribution in [0.1, 0.15) is 32.6 Å². The van der Waals surface area contributed by atoms with E-state index in [0.29, 0.717) is 11.2 Å². The zero-order valence-corrected chi connectivity index (χ0v) is 17.4. The summed E-state index contributed by atoms with van der Waals surface area (Å²) in [6.07, 6.45) is -3.03. The fourth-order valence-electron chi connectivity index (χ4n) is 3.45. The lowest BCUT2D eigenvalue weighted by Crippen LogP contribution is -2.46. The molecular weight excluding hydrogens is 410 g/mol. The van der Waals surface area contributed by atoms with E-state index in [9.17, 15) is 10.1 Å². The van der Waals surface area contributed by atoms with Crippen molar-refractivity contribution in [2.75, 3.05) is 12.8 Å². The first-order chi connectivity index (χ1) is 14.8. The molecule has 2 aliphatic heterocycles. The molecule has 0 amide bonds. The van der Waals surface area contributed by atoms with Gasteiger partial charge in [-0.2, -0.15) is 10.4 Å². The van der Waals surface area contributed by atoms with Crippen LogP contribution in [0.5, 0.6) is 0 Å². The van der Waals surface area contributed by atoms with Gasteiger partial charge in [-0.15, -0.1) is 0 Å². The molecule has 0 radical (unpaired) electrons. The van der Waals surface area contributed by atoms with Gasteiger partial charge in [0.25, 0.3) is 6.48 Å².